The average Bonchev–Trinajstić information content (AvgIpc) is 2.01. The molecule has 0 aromatic heterocycles. The first-order valence-corrected chi connectivity index (χ1v) is 4.55. The highest BCUT2D eigenvalue weighted by atomic mass is 15.2. The largest absolute Gasteiger partial charge is 0.308 e. The van der Waals surface area contributed by atoms with Crippen LogP contribution in [0.5, 0.6) is 0 Å². The maximum Gasteiger partial charge on any atom is 0.0232 e. The Hall–Kier alpha value is -0.0800. The minimum absolute atomic E-state index is 0.833. The Morgan fingerprint density at radius 3 is 2.00 bits per heavy atom. The molecule has 0 radical (unpaired) electrons. The van der Waals surface area contributed by atoms with E-state index < -0.39 is 0 Å². The van der Waals surface area contributed by atoms with E-state index in [1.165, 1.54) is 19.5 Å². The third kappa shape index (κ3) is 3.73. The molecule has 1 saturated heterocycles. The van der Waals surface area contributed by atoms with Gasteiger partial charge in [0, 0.05) is 12.6 Å². The van der Waals surface area contributed by atoms with Crippen LogP contribution in [0.25, 0.3) is 0 Å². The highest BCUT2D eigenvalue weighted by Gasteiger charge is 2.23. The second-order valence-corrected chi connectivity index (χ2v) is 3.19. The van der Waals surface area contributed by atoms with Gasteiger partial charge in [0.1, 0.15) is 0 Å². The second kappa shape index (κ2) is 5.56. The Bertz CT molecular complexity index is 91.6. The summed E-state index contributed by atoms with van der Waals surface area (Å²) in [4.78, 5) is 4.65. The lowest BCUT2D eigenvalue weighted by Gasteiger charge is -2.39. The molecule has 0 aromatic rings. The van der Waals surface area contributed by atoms with E-state index in [9.17, 15) is 0 Å². The smallest absolute Gasteiger partial charge is 0.0232 e. The van der Waals surface area contributed by atoms with Crippen LogP contribution in [-0.4, -0.2) is 50.1 Å². The highest BCUT2D eigenvalue weighted by Crippen LogP contribution is 2.13. The number of hydrogen-bond donors (Lipinski definition) is 0. The summed E-state index contributed by atoms with van der Waals surface area (Å²) in [7, 11) is 6.45. The third-order valence-electron chi connectivity index (χ3n) is 2.01. The molecule has 1 rings (SSSR count). The van der Waals surface area contributed by atoms with Crippen molar-refractivity contribution in [2.45, 2.75) is 26.3 Å². The molecule has 68 valence electrons. The summed E-state index contributed by atoms with van der Waals surface area (Å²) in [5.41, 5.74) is 0. The Balaban J connectivity index is 0.000000461. The van der Waals surface area contributed by atoms with Crippen LogP contribution < -0.4 is 0 Å². The lowest BCUT2D eigenvalue weighted by atomic mass is 10.0. The summed E-state index contributed by atoms with van der Waals surface area (Å²) in [6, 6.07) is 0.833. The van der Waals surface area contributed by atoms with Gasteiger partial charge >= 0.3 is 0 Å². The minimum atomic E-state index is 0.833. The molecule has 1 unspecified atom stereocenters. The molecule has 0 spiro atoms. The summed E-state index contributed by atoms with van der Waals surface area (Å²) in [5, 5.41) is 0. The van der Waals surface area contributed by atoms with Gasteiger partial charge < -0.3 is 9.80 Å². The normalized spacial score (nSPS) is 24.0. The topological polar surface area (TPSA) is 6.48 Å². The quantitative estimate of drug-likeness (QED) is 0.597. The predicted octanol–water partition coefficient (Wildman–Crippen LogP) is 1.28. The van der Waals surface area contributed by atoms with Gasteiger partial charge in [0.15, 0.2) is 0 Å². The summed E-state index contributed by atoms with van der Waals surface area (Å²) < 4.78 is 0. The molecule has 0 N–H and O–H groups in total. The average molecular weight is 158 g/mol. The number of likely N-dealkylation sites (N-methyl/N-ethyl adjacent to an activating group) is 2. The molecule has 1 atom stereocenters. The zero-order chi connectivity index (χ0) is 8.85. The Morgan fingerprint density at radius 1 is 1.36 bits per heavy atom. The Kier molecular flexibility index (Phi) is 5.51. The van der Waals surface area contributed by atoms with Crippen molar-refractivity contribution in [1.82, 2.24) is 9.80 Å². The Labute approximate surface area is 71.2 Å². The van der Waals surface area contributed by atoms with Crippen molar-refractivity contribution in [1.29, 1.82) is 0 Å². The highest BCUT2D eigenvalue weighted by molar-refractivity contribution is 4.80. The van der Waals surface area contributed by atoms with E-state index in [0.29, 0.717) is 0 Å². The monoisotopic (exact) mass is 158 g/mol. The summed E-state index contributed by atoms with van der Waals surface area (Å²) in [6.45, 7) is 6.51. The summed E-state index contributed by atoms with van der Waals surface area (Å²) in [6.07, 6.45) is 1.38. The molecule has 2 nitrogen and oxygen atoms in total. The molecule has 1 aliphatic heterocycles. The van der Waals surface area contributed by atoms with Crippen LogP contribution in [0.2, 0.25) is 0 Å². The van der Waals surface area contributed by atoms with E-state index in [0.717, 1.165) is 6.04 Å². The molecular weight excluding hydrogens is 136 g/mol. The van der Waals surface area contributed by atoms with Gasteiger partial charge in [0.2, 0.25) is 0 Å². The van der Waals surface area contributed by atoms with Crippen molar-refractivity contribution in [2.75, 3.05) is 34.2 Å². The van der Waals surface area contributed by atoms with E-state index in [4.69, 9.17) is 0 Å². The maximum atomic E-state index is 2.40. The van der Waals surface area contributed by atoms with Gasteiger partial charge in [-0.05, 0) is 34.1 Å². The van der Waals surface area contributed by atoms with Crippen molar-refractivity contribution in [3.63, 3.8) is 0 Å². The fraction of sp³-hybridized carbons (Fsp3) is 1.00. The third-order valence-corrected chi connectivity index (χ3v) is 2.01. The zero-order valence-electron chi connectivity index (χ0n) is 8.59. The lowest BCUT2D eigenvalue weighted by Crippen LogP contribution is -2.49. The van der Waals surface area contributed by atoms with Crippen LogP contribution >= 0.6 is 0 Å². The second-order valence-electron chi connectivity index (χ2n) is 3.19. The summed E-state index contributed by atoms with van der Waals surface area (Å²) in [5.74, 6) is 0. The van der Waals surface area contributed by atoms with E-state index in [1.807, 2.05) is 13.8 Å². The molecule has 0 aromatic carbocycles. The van der Waals surface area contributed by atoms with Gasteiger partial charge in [0.05, 0.1) is 0 Å². The molecule has 0 aliphatic carbocycles. The van der Waals surface area contributed by atoms with Crippen molar-refractivity contribution in [3.8, 4) is 0 Å². The van der Waals surface area contributed by atoms with Gasteiger partial charge in [-0.15, -0.1) is 0 Å². The SMILES string of the molecule is CC.CN(C)CC1CCN1C. The van der Waals surface area contributed by atoms with Crippen LogP contribution in [0, 0.1) is 0 Å². The molecule has 1 aliphatic rings. The first-order valence-electron chi connectivity index (χ1n) is 4.55. The molecule has 0 saturated carbocycles. The van der Waals surface area contributed by atoms with E-state index in [1.54, 1.807) is 0 Å². The van der Waals surface area contributed by atoms with Crippen LogP contribution in [-0.2, 0) is 0 Å². The standard InChI is InChI=1S/C7H16N2.C2H6/c1-8(2)6-7-4-5-9(7)3;1-2/h7H,4-6H2,1-3H3;1-2H3. The molecule has 1 fully saturated rings. The molecule has 1 heterocycles. The van der Waals surface area contributed by atoms with Gasteiger partial charge in [-0.1, -0.05) is 13.8 Å². The van der Waals surface area contributed by atoms with Gasteiger partial charge in [0.25, 0.3) is 0 Å². The van der Waals surface area contributed by atoms with Crippen molar-refractivity contribution < 1.29 is 0 Å². The molecule has 0 bridgehead atoms. The van der Waals surface area contributed by atoms with Gasteiger partial charge in [-0.2, -0.15) is 0 Å². The van der Waals surface area contributed by atoms with Crippen LogP contribution in [0.1, 0.15) is 20.3 Å². The van der Waals surface area contributed by atoms with Crippen LogP contribution in [0.4, 0.5) is 0 Å². The zero-order valence-corrected chi connectivity index (χ0v) is 8.59. The van der Waals surface area contributed by atoms with E-state index >= 15 is 0 Å². The molecule has 11 heavy (non-hydrogen) atoms. The molecular formula is C9H22N2. The van der Waals surface area contributed by atoms with Gasteiger partial charge in [-0.25, -0.2) is 0 Å². The van der Waals surface area contributed by atoms with Crippen molar-refractivity contribution in [2.24, 2.45) is 0 Å². The number of likely N-dealkylation sites (tertiary alicyclic amines) is 1. The first kappa shape index (κ1) is 10.9. The number of nitrogens with zero attached hydrogens (tertiary/aromatic N) is 2. The minimum Gasteiger partial charge on any atom is -0.308 e. The summed E-state index contributed by atoms with van der Waals surface area (Å²) >= 11 is 0. The number of hydrogen-bond acceptors (Lipinski definition) is 2. The molecule has 0 amide bonds. The van der Waals surface area contributed by atoms with E-state index in [2.05, 4.69) is 30.9 Å². The van der Waals surface area contributed by atoms with E-state index in [-0.39, 0.29) is 0 Å². The number of rotatable bonds is 2. The lowest BCUT2D eigenvalue weighted by molar-refractivity contribution is 0.0991. The van der Waals surface area contributed by atoms with Crippen LogP contribution in [0.3, 0.4) is 0 Å². The molecule has 2 heteroatoms. The fourth-order valence-corrected chi connectivity index (χ4v) is 1.22. The van der Waals surface area contributed by atoms with Crippen molar-refractivity contribution in [3.05, 3.63) is 0 Å². The van der Waals surface area contributed by atoms with Gasteiger partial charge in [-0.3, -0.25) is 0 Å². The van der Waals surface area contributed by atoms with Crippen molar-refractivity contribution >= 4 is 0 Å². The Morgan fingerprint density at radius 2 is 1.91 bits per heavy atom. The van der Waals surface area contributed by atoms with Crippen LogP contribution in [0.15, 0.2) is 0 Å². The fourth-order valence-electron chi connectivity index (χ4n) is 1.22. The maximum absolute atomic E-state index is 2.40. The predicted molar refractivity (Wildman–Crippen MR) is 50.9 cm³/mol. The first-order chi connectivity index (χ1) is 5.20.